The van der Waals surface area contributed by atoms with Gasteiger partial charge in [-0.2, -0.15) is 0 Å². The van der Waals surface area contributed by atoms with Crippen molar-refractivity contribution in [2.45, 2.75) is 13.5 Å². The van der Waals surface area contributed by atoms with E-state index in [1.807, 2.05) is 53.2 Å². The van der Waals surface area contributed by atoms with Gasteiger partial charge in [0.25, 0.3) is 0 Å². The van der Waals surface area contributed by atoms with E-state index < -0.39 is 0 Å². The molecule has 0 radical (unpaired) electrons. The Morgan fingerprint density at radius 1 is 0.971 bits per heavy atom. The van der Waals surface area contributed by atoms with Gasteiger partial charge >= 0.3 is 0 Å². The van der Waals surface area contributed by atoms with E-state index in [2.05, 4.69) is 40.6 Å². The fourth-order valence-electron chi connectivity index (χ4n) is 3.79. The molecule has 0 spiro atoms. The molecule has 0 fully saturated rings. The first-order valence-corrected chi connectivity index (χ1v) is 11.0. The fraction of sp³-hybridized carbons (Fsp3) is 0.0714. The smallest absolute Gasteiger partial charge is 0.183 e. The number of ketones is 1. The molecule has 0 aliphatic rings. The van der Waals surface area contributed by atoms with E-state index in [9.17, 15) is 4.79 Å². The van der Waals surface area contributed by atoms with Crippen LogP contribution in [-0.2, 0) is 11.3 Å². The summed E-state index contributed by atoms with van der Waals surface area (Å²) in [5, 5.41) is 8.29. The molecule has 2 aromatic carbocycles. The number of carbonyl (C=O) groups excluding carboxylic acids is 1. The summed E-state index contributed by atoms with van der Waals surface area (Å²) in [6.07, 6.45) is 8.66. The lowest BCUT2D eigenvalue weighted by molar-refractivity contribution is -0.112. The van der Waals surface area contributed by atoms with Gasteiger partial charge in [-0.3, -0.25) is 9.78 Å². The second-order valence-corrected chi connectivity index (χ2v) is 7.96. The number of pyridine rings is 1. The molecule has 1 N–H and O–H groups in total. The fourth-order valence-corrected chi connectivity index (χ4v) is 3.79. The Balaban J connectivity index is 1.61. The Morgan fingerprint density at radius 3 is 2.50 bits per heavy atom. The zero-order chi connectivity index (χ0) is 23.3. The van der Waals surface area contributed by atoms with Crippen LogP contribution in [0, 0.1) is 0 Å². The standard InChI is InChI=1S/C28H23N5O/c1-20(34)12-13-22-16-24(19-29-17-22)27-31-28(30-18-21-8-4-2-5-9-21)26-25(14-15-33(26)32-27)23-10-6-3-7-11-23/h2-17,19H,18H2,1H3,(H,30,31,32)/b13-12+. The highest BCUT2D eigenvalue weighted by Crippen LogP contribution is 2.31. The molecular formula is C28H23N5O. The van der Waals surface area contributed by atoms with Crippen LogP contribution in [0.25, 0.3) is 34.1 Å². The van der Waals surface area contributed by atoms with Crippen LogP contribution < -0.4 is 5.32 Å². The maximum absolute atomic E-state index is 11.3. The van der Waals surface area contributed by atoms with Crippen molar-refractivity contribution in [2.24, 2.45) is 0 Å². The van der Waals surface area contributed by atoms with Gasteiger partial charge in [-0.1, -0.05) is 60.7 Å². The van der Waals surface area contributed by atoms with Crippen LogP contribution in [0.2, 0.25) is 0 Å². The van der Waals surface area contributed by atoms with Crippen molar-refractivity contribution in [1.29, 1.82) is 0 Å². The van der Waals surface area contributed by atoms with Crippen molar-refractivity contribution >= 4 is 23.2 Å². The number of hydrogen-bond acceptors (Lipinski definition) is 5. The minimum Gasteiger partial charge on any atom is -0.364 e. The summed E-state index contributed by atoms with van der Waals surface area (Å²) in [5.74, 6) is 1.27. The minimum atomic E-state index is -0.0174. The predicted octanol–water partition coefficient (Wildman–Crippen LogP) is 5.67. The summed E-state index contributed by atoms with van der Waals surface area (Å²) >= 11 is 0. The summed E-state index contributed by atoms with van der Waals surface area (Å²) in [6.45, 7) is 2.15. The van der Waals surface area contributed by atoms with Gasteiger partial charge in [-0.15, -0.1) is 5.10 Å². The monoisotopic (exact) mass is 445 g/mol. The van der Waals surface area contributed by atoms with E-state index in [0.717, 1.165) is 39.2 Å². The number of nitrogens with one attached hydrogen (secondary N) is 1. The summed E-state index contributed by atoms with van der Waals surface area (Å²) < 4.78 is 1.86. The largest absolute Gasteiger partial charge is 0.364 e. The highest BCUT2D eigenvalue weighted by atomic mass is 16.1. The van der Waals surface area contributed by atoms with Crippen LogP contribution in [0.4, 0.5) is 5.82 Å². The molecule has 0 saturated carbocycles. The number of aromatic nitrogens is 4. The van der Waals surface area contributed by atoms with Gasteiger partial charge < -0.3 is 5.32 Å². The van der Waals surface area contributed by atoms with E-state index in [1.54, 1.807) is 18.5 Å². The molecule has 166 valence electrons. The van der Waals surface area contributed by atoms with Gasteiger partial charge in [0.1, 0.15) is 5.52 Å². The molecule has 6 heteroatoms. The Morgan fingerprint density at radius 2 is 1.74 bits per heavy atom. The number of hydrogen-bond donors (Lipinski definition) is 1. The highest BCUT2D eigenvalue weighted by Gasteiger charge is 2.15. The summed E-state index contributed by atoms with van der Waals surface area (Å²) in [5.41, 5.74) is 5.80. The lowest BCUT2D eigenvalue weighted by Gasteiger charge is -2.12. The molecule has 0 amide bonds. The lowest BCUT2D eigenvalue weighted by Crippen LogP contribution is -2.07. The van der Waals surface area contributed by atoms with E-state index >= 15 is 0 Å². The molecule has 5 aromatic rings. The zero-order valence-electron chi connectivity index (χ0n) is 18.7. The number of benzene rings is 2. The first-order chi connectivity index (χ1) is 16.7. The number of rotatable bonds is 7. The van der Waals surface area contributed by atoms with Crippen LogP contribution in [0.15, 0.2) is 97.5 Å². The molecule has 0 unspecified atom stereocenters. The summed E-state index contributed by atoms with van der Waals surface area (Å²) in [7, 11) is 0. The van der Waals surface area contributed by atoms with Crippen LogP contribution in [0.1, 0.15) is 18.1 Å². The molecular weight excluding hydrogens is 422 g/mol. The molecule has 5 rings (SSSR count). The van der Waals surface area contributed by atoms with Gasteiger partial charge in [0.05, 0.1) is 0 Å². The molecule has 0 aliphatic carbocycles. The van der Waals surface area contributed by atoms with Gasteiger partial charge in [0.2, 0.25) is 0 Å². The Labute approximate surface area is 197 Å². The quantitative estimate of drug-likeness (QED) is 0.327. The molecule has 34 heavy (non-hydrogen) atoms. The van der Waals surface area contributed by atoms with E-state index in [0.29, 0.717) is 12.4 Å². The second kappa shape index (κ2) is 9.50. The zero-order valence-corrected chi connectivity index (χ0v) is 18.7. The number of carbonyl (C=O) groups is 1. The molecule has 0 saturated heterocycles. The van der Waals surface area contributed by atoms with E-state index in [1.165, 1.54) is 13.0 Å². The maximum Gasteiger partial charge on any atom is 0.183 e. The maximum atomic E-state index is 11.3. The molecule has 6 nitrogen and oxygen atoms in total. The van der Waals surface area contributed by atoms with Crippen molar-refractivity contribution in [2.75, 3.05) is 5.32 Å². The van der Waals surface area contributed by atoms with Crippen LogP contribution in [-0.4, -0.2) is 25.4 Å². The lowest BCUT2D eigenvalue weighted by atomic mass is 10.1. The van der Waals surface area contributed by atoms with Crippen molar-refractivity contribution in [1.82, 2.24) is 19.6 Å². The molecule has 0 atom stereocenters. The SMILES string of the molecule is CC(=O)/C=C/c1cncc(-c2nc(NCc3ccccc3)c3c(-c4ccccc4)ccn3n2)c1. The number of fused-ring (bicyclic) bond motifs is 1. The number of allylic oxidation sites excluding steroid dienone is 1. The third-order valence-electron chi connectivity index (χ3n) is 5.43. The molecule has 3 heterocycles. The third kappa shape index (κ3) is 4.61. The van der Waals surface area contributed by atoms with E-state index in [4.69, 9.17) is 10.1 Å². The number of anilines is 1. The van der Waals surface area contributed by atoms with Crippen molar-refractivity contribution in [3.05, 3.63) is 109 Å². The van der Waals surface area contributed by atoms with Crippen molar-refractivity contribution in [3.8, 4) is 22.5 Å². The Kier molecular flexibility index (Phi) is 5.95. The van der Waals surface area contributed by atoms with Gasteiger partial charge in [-0.05, 0) is 47.9 Å². The molecule has 0 aliphatic heterocycles. The molecule has 3 aromatic heterocycles. The summed E-state index contributed by atoms with van der Waals surface area (Å²) in [4.78, 5) is 20.6. The molecule has 0 bridgehead atoms. The van der Waals surface area contributed by atoms with Crippen LogP contribution in [0.3, 0.4) is 0 Å². The normalized spacial score (nSPS) is 11.2. The van der Waals surface area contributed by atoms with Gasteiger partial charge in [0, 0.05) is 36.3 Å². The van der Waals surface area contributed by atoms with Crippen molar-refractivity contribution < 1.29 is 4.79 Å². The summed E-state index contributed by atoms with van der Waals surface area (Å²) in [6, 6.07) is 24.4. The van der Waals surface area contributed by atoms with Gasteiger partial charge in [-0.25, -0.2) is 9.50 Å². The van der Waals surface area contributed by atoms with Gasteiger partial charge in [0.15, 0.2) is 17.4 Å². The first kappa shape index (κ1) is 21.3. The van der Waals surface area contributed by atoms with Crippen LogP contribution >= 0.6 is 0 Å². The Bertz CT molecular complexity index is 1470. The average molecular weight is 446 g/mol. The highest BCUT2D eigenvalue weighted by molar-refractivity contribution is 5.91. The Hall–Kier alpha value is -4.58. The third-order valence-corrected chi connectivity index (χ3v) is 5.43. The average Bonchev–Trinajstić information content (AvgIpc) is 3.32. The van der Waals surface area contributed by atoms with Crippen molar-refractivity contribution in [3.63, 3.8) is 0 Å². The van der Waals surface area contributed by atoms with Crippen LogP contribution in [0.5, 0.6) is 0 Å². The van der Waals surface area contributed by atoms with E-state index in [-0.39, 0.29) is 5.78 Å². The topological polar surface area (TPSA) is 72.2 Å². The first-order valence-electron chi connectivity index (χ1n) is 11.0. The second-order valence-electron chi connectivity index (χ2n) is 7.96. The predicted molar refractivity (Wildman–Crippen MR) is 135 cm³/mol. The number of nitrogens with zero attached hydrogens (tertiary/aromatic N) is 4. The minimum absolute atomic E-state index is 0.0174.